The van der Waals surface area contributed by atoms with Gasteiger partial charge in [0.05, 0.1) is 0 Å². The summed E-state index contributed by atoms with van der Waals surface area (Å²) in [5, 5.41) is 3.34. The molecule has 2 heteroatoms. The van der Waals surface area contributed by atoms with Crippen molar-refractivity contribution in [3.8, 4) is 0 Å². The van der Waals surface area contributed by atoms with Crippen molar-refractivity contribution in [2.75, 3.05) is 12.4 Å². The highest BCUT2D eigenvalue weighted by molar-refractivity contribution is 6.18. The Morgan fingerprint density at radius 2 is 1.88 bits per heavy atom. The molecule has 0 aromatic heterocycles. The molecule has 0 saturated carbocycles. The van der Waals surface area contributed by atoms with Crippen LogP contribution in [0.3, 0.4) is 0 Å². The van der Waals surface area contributed by atoms with E-state index in [1.165, 1.54) is 11.1 Å². The molecule has 0 saturated heterocycles. The highest BCUT2D eigenvalue weighted by Gasteiger charge is 1.98. The van der Waals surface area contributed by atoms with Crippen LogP contribution in [-0.2, 0) is 6.54 Å². The zero-order valence-electron chi connectivity index (χ0n) is 10.0. The highest BCUT2D eigenvalue weighted by atomic mass is 35.5. The summed E-state index contributed by atoms with van der Waals surface area (Å²) in [4.78, 5) is 0. The van der Waals surface area contributed by atoms with Gasteiger partial charge in [0.15, 0.2) is 0 Å². The molecule has 1 N–H and O–H groups in total. The van der Waals surface area contributed by atoms with E-state index in [1.807, 2.05) is 6.08 Å². The van der Waals surface area contributed by atoms with E-state index in [-0.39, 0.29) is 0 Å². The van der Waals surface area contributed by atoms with Crippen LogP contribution in [-0.4, -0.2) is 12.4 Å². The molecule has 0 unspecified atom stereocenters. The largest absolute Gasteiger partial charge is 0.309 e. The van der Waals surface area contributed by atoms with Crippen LogP contribution >= 0.6 is 11.6 Å². The minimum atomic E-state index is 0.588. The number of rotatable bonds is 6. The summed E-state index contributed by atoms with van der Waals surface area (Å²) < 4.78 is 0. The average Bonchev–Trinajstić information content (AvgIpc) is 2.29. The van der Waals surface area contributed by atoms with Gasteiger partial charge >= 0.3 is 0 Å². The van der Waals surface area contributed by atoms with E-state index >= 15 is 0 Å². The van der Waals surface area contributed by atoms with Crippen molar-refractivity contribution in [1.29, 1.82) is 0 Å². The zero-order chi connectivity index (χ0) is 11.8. The molecular weight excluding hydrogens is 218 g/mol. The Kier molecular flexibility index (Phi) is 6.20. The fraction of sp³-hybridized carbons (Fsp3) is 0.429. The lowest BCUT2D eigenvalue weighted by molar-refractivity contribution is 0.757. The quantitative estimate of drug-likeness (QED) is 0.452. The Bertz CT molecular complexity index is 314. The topological polar surface area (TPSA) is 12.0 Å². The summed E-state index contributed by atoms with van der Waals surface area (Å²) in [6.45, 7) is 6.21. The molecule has 0 spiro atoms. The minimum Gasteiger partial charge on any atom is -0.309 e. The third-order valence-electron chi connectivity index (χ3n) is 2.49. The first kappa shape index (κ1) is 13.3. The number of allylic oxidation sites excluding steroid dienone is 1. The molecule has 88 valence electrons. The van der Waals surface area contributed by atoms with Crippen molar-refractivity contribution in [1.82, 2.24) is 5.32 Å². The molecule has 0 aliphatic heterocycles. The smallest absolute Gasteiger partial charge is 0.0404 e. The van der Waals surface area contributed by atoms with Crippen molar-refractivity contribution in [3.63, 3.8) is 0 Å². The molecule has 0 fully saturated rings. The van der Waals surface area contributed by atoms with Gasteiger partial charge < -0.3 is 5.32 Å². The number of hydrogen-bond acceptors (Lipinski definition) is 1. The monoisotopic (exact) mass is 237 g/mol. The maximum atomic E-state index is 5.53. The summed E-state index contributed by atoms with van der Waals surface area (Å²) >= 11 is 5.53. The first-order chi connectivity index (χ1) is 7.74. The Morgan fingerprint density at radius 3 is 2.44 bits per heavy atom. The summed E-state index contributed by atoms with van der Waals surface area (Å²) in [6, 6.07) is 8.79. The minimum absolute atomic E-state index is 0.588. The molecule has 0 atom stereocenters. The first-order valence-corrected chi connectivity index (χ1v) is 6.28. The Hall–Kier alpha value is -0.790. The second-order valence-corrected chi connectivity index (χ2v) is 4.46. The van der Waals surface area contributed by atoms with Gasteiger partial charge in [0.2, 0.25) is 0 Å². The number of alkyl halides is 1. The fourth-order valence-electron chi connectivity index (χ4n) is 1.47. The lowest BCUT2D eigenvalue weighted by atomic mass is 10.0. The van der Waals surface area contributed by atoms with E-state index in [4.69, 9.17) is 11.6 Å². The van der Waals surface area contributed by atoms with E-state index in [1.54, 1.807) is 0 Å². The van der Waals surface area contributed by atoms with Crippen LogP contribution < -0.4 is 5.32 Å². The van der Waals surface area contributed by atoms with Crippen molar-refractivity contribution < 1.29 is 0 Å². The van der Waals surface area contributed by atoms with Gasteiger partial charge in [-0.15, -0.1) is 11.6 Å². The standard InChI is InChI=1S/C14H20ClN/c1-12(2)14-7-5-13(6-8-14)11-16-10-4-3-9-15/h3-8,12,16H,9-11H2,1-2H3/b4-3+. The van der Waals surface area contributed by atoms with Crippen LogP contribution in [0.4, 0.5) is 0 Å². The molecule has 1 aromatic carbocycles. The van der Waals surface area contributed by atoms with Crippen LogP contribution in [0.2, 0.25) is 0 Å². The van der Waals surface area contributed by atoms with Gasteiger partial charge in [0.25, 0.3) is 0 Å². The second kappa shape index (κ2) is 7.48. The Morgan fingerprint density at radius 1 is 1.19 bits per heavy atom. The van der Waals surface area contributed by atoms with E-state index < -0.39 is 0 Å². The molecule has 1 nitrogen and oxygen atoms in total. The zero-order valence-corrected chi connectivity index (χ0v) is 10.8. The molecule has 0 aliphatic carbocycles. The first-order valence-electron chi connectivity index (χ1n) is 5.74. The van der Waals surface area contributed by atoms with Gasteiger partial charge in [-0.3, -0.25) is 0 Å². The number of nitrogens with one attached hydrogen (secondary N) is 1. The molecule has 16 heavy (non-hydrogen) atoms. The van der Waals surface area contributed by atoms with Gasteiger partial charge in [-0.1, -0.05) is 50.3 Å². The van der Waals surface area contributed by atoms with Gasteiger partial charge in [-0.2, -0.15) is 0 Å². The average molecular weight is 238 g/mol. The maximum absolute atomic E-state index is 5.53. The molecule has 1 aromatic rings. The van der Waals surface area contributed by atoms with E-state index in [0.717, 1.165) is 13.1 Å². The van der Waals surface area contributed by atoms with Crippen molar-refractivity contribution in [3.05, 3.63) is 47.5 Å². The lowest BCUT2D eigenvalue weighted by Gasteiger charge is -2.07. The summed E-state index contributed by atoms with van der Waals surface area (Å²) in [5.41, 5.74) is 2.72. The van der Waals surface area contributed by atoms with Crippen LogP contribution in [0.1, 0.15) is 30.9 Å². The molecule has 0 heterocycles. The molecule has 0 bridgehead atoms. The van der Waals surface area contributed by atoms with Crippen molar-refractivity contribution in [2.24, 2.45) is 0 Å². The lowest BCUT2D eigenvalue weighted by Crippen LogP contribution is -2.12. The third kappa shape index (κ3) is 4.82. The summed E-state index contributed by atoms with van der Waals surface area (Å²) in [5.74, 6) is 1.19. The molecular formula is C14H20ClN. The van der Waals surface area contributed by atoms with Crippen LogP contribution in [0, 0.1) is 0 Å². The SMILES string of the molecule is CC(C)c1ccc(CNC/C=C/CCl)cc1. The normalized spacial score (nSPS) is 11.5. The second-order valence-electron chi connectivity index (χ2n) is 4.15. The third-order valence-corrected chi connectivity index (χ3v) is 2.67. The Labute approximate surface area is 104 Å². The van der Waals surface area contributed by atoms with Crippen LogP contribution in [0.5, 0.6) is 0 Å². The summed E-state index contributed by atoms with van der Waals surface area (Å²) in [6.07, 6.45) is 4.01. The fourth-order valence-corrected chi connectivity index (χ4v) is 1.59. The predicted molar refractivity (Wildman–Crippen MR) is 72.1 cm³/mol. The van der Waals surface area contributed by atoms with Crippen LogP contribution in [0.15, 0.2) is 36.4 Å². The van der Waals surface area contributed by atoms with Crippen molar-refractivity contribution >= 4 is 11.6 Å². The maximum Gasteiger partial charge on any atom is 0.0404 e. The highest BCUT2D eigenvalue weighted by Crippen LogP contribution is 2.14. The number of halogens is 1. The Balaban J connectivity index is 2.35. The predicted octanol–water partition coefficient (Wildman–Crippen LogP) is 3.69. The van der Waals surface area contributed by atoms with Gasteiger partial charge in [0, 0.05) is 19.0 Å². The molecule has 0 radical (unpaired) electrons. The molecule has 1 rings (SSSR count). The van der Waals surface area contributed by atoms with E-state index in [9.17, 15) is 0 Å². The molecule has 0 aliphatic rings. The molecule has 0 amide bonds. The number of hydrogen-bond donors (Lipinski definition) is 1. The van der Waals surface area contributed by atoms with Gasteiger partial charge in [-0.05, 0) is 17.0 Å². The van der Waals surface area contributed by atoms with E-state index in [2.05, 4.69) is 49.5 Å². The number of benzene rings is 1. The summed E-state index contributed by atoms with van der Waals surface area (Å²) in [7, 11) is 0. The van der Waals surface area contributed by atoms with Gasteiger partial charge in [-0.25, -0.2) is 0 Å². The van der Waals surface area contributed by atoms with Crippen LogP contribution in [0.25, 0.3) is 0 Å². The van der Waals surface area contributed by atoms with Crippen molar-refractivity contribution in [2.45, 2.75) is 26.3 Å². The van der Waals surface area contributed by atoms with Gasteiger partial charge in [0.1, 0.15) is 0 Å². The van der Waals surface area contributed by atoms with E-state index in [0.29, 0.717) is 11.8 Å².